The maximum atomic E-state index is 12.2. The van der Waals surface area contributed by atoms with Crippen molar-refractivity contribution in [2.24, 2.45) is 10.8 Å². The average Bonchev–Trinajstić information content (AvgIpc) is 2.66. The zero-order chi connectivity index (χ0) is 22.4. The monoisotopic (exact) mass is 410 g/mol. The van der Waals surface area contributed by atoms with Gasteiger partial charge >= 0.3 is 0 Å². The molecule has 6 nitrogen and oxygen atoms in total. The number of hydrogen-bond acceptors (Lipinski definition) is 4. The summed E-state index contributed by atoms with van der Waals surface area (Å²) >= 11 is 0. The predicted octanol–water partition coefficient (Wildman–Crippen LogP) is 4.48. The first-order valence-electron chi connectivity index (χ1n) is 10.4. The minimum Gasteiger partial charge on any atom is -0.352 e. The molecule has 2 amide bonds. The molecule has 2 aromatic rings. The molecule has 2 aromatic heterocycles. The van der Waals surface area contributed by atoms with Crippen molar-refractivity contribution in [1.82, 2.24) is 20.6 Å². The smallest absolute Gasteiger partial charge is 0.252 e. The van der Waals surface area contributed by atoms with Crippen LogP contribution in [0.4, 0.5) is 0 Å². The highest BCUT2D eigenvalue weighted by Gasteiger charge is 2.13. The molecule has 2 heterocycles. The Kier molecular flexibility index (Phi) is 7.71. The van der Waals surface area contributed by atoms with Crippen LogP contribution in [-0.4, -0.2) is 34.9 Å². The lowest BCUT2D eigenvalue weighted by Gasteiger charge is -2.18. The molecule has 0 aliphatic heterocycles. The van der Waals surface area contributed by atoms with E-state index in [-0.39, 0.29) is 22.6 Å². The van der Waals surface area contributed by atoms with Gasteiger partial charge in [-0.1, -0.05) is 41.5 Å². The third-order valence-electron chi connectivity index (χ3n) is 4.63. The van der Waals surface area contributed by atoms with Crippen molar-refractivity contribution in [3.63, 3.8) is 0 Å². The molecule has 0 aliphatic carbocycles. The first kappa shape index (κ1) is 23.5. The number of nitrogens with zero attached hydrogens (tertiary/aromatic N) is 2. The van der Waals surface area contributed by atoms with Gasteiger partial charge in [0.1, 0.15) is 0 Å². The highest BCUT2D eigenvalue weighted by Crippen LogP contribution is 2.18. The zero-order valence-corrected chi connectivity index (χ0v) is 19.0. The van der Waals surface area contributed by atoms with Gasteiger partial charge < -0.3 is 10.6 Å². The Balaban J connectivity index is 1.93. The van der Waals surface area contributed by atoms with E-state index in [4.69, 9.17) is 0 Å². The summed E-state index contributed by atoms with van der Waals surface area (Å²) in [5, 5.41) is 5.84. The molecule has 162 valence electrons. The van der Waals surface area contributed by atoms with Crippen LogP contribution in [-0.2, 0) is 0 Å². The summed E-state index contributed by atoms with van der Waals surface area (Å²) in [6.45, 7) is 14.1. The number of rotatable bonds is 7. The number of nitrogens with one attached hydrogen (secondary N) is 2. The average molecular weight is 411 g/mol. The summed E-state index contributed by atoms with van der Waals surface area (Å²) in [6.07, 6.45) is 4.92. The van der Waals surface area contributed by atoms with Crippen LogP contribution in [0.1, 0.15) is 75.1 Å². The number of hydrogen-bond donors (Lipinski definition) is 2. The predicted molar refractivity (Wildman–Crippen MR) is 120 cm³/mol. The molecule has 0 unspecified atom stereocenters. The van der Waals surface area contributed by atoms with Crippen LogP contribution in [0.3, 0.4) is 0 Å². The van der Waals surface area contributed by atoms with Crippen LogP contribution < -0.4 is 10.6 Å². The van der Waals surface area contributed by atoms with E-state index >= 15 is 0 Å². The van der Waals surface area contributed by atoms with E-state index in [1.54, 1.807) is 36.7 Å². The van der Waals surface area contributed by atoms with Crippen LogP contribution in [0.15, 0.2) is 36.7 Å². The number of carbonyl (C=O) groups is 2. The Morgan fingerprint density at radius 1 is 0.700 bits per heavy atom. The zero-order valence-electron chi connectivity index (χ0n) is 19.0. The quantitative estimate of drug-likeness (QED) is 0.705. The highest BCUT2D eigenvalue weighted by molar-refractivity contribution is 5.94. The van der Waals surface area contributed by atoms with Crippen molar-refractivity contribution < 1.29 is 9.59 Å². The van der Waals surface area contributed by atoms with Gasteiger partial charge in [-0.25, -0.2) is 0 Å². The molecular weight excluding hydrogens is 376 g/mol. The Morgan fingerprint density at radius 3 is 1.33 bits per heavy atom. The SMILES string of the molecule is CC(C)(C)CCNC(=O)c1ccc(-c2ccc(C(=O)NCCC(C)(C)C)cn2)nc1. The summed E-state index contributed by atoms with van der Waals surface area (Å²) in [7, 11) is 0. The first-order chi connectivity index (χ1) is 13.9. The second kappa shape index (κ2) is 9.83. The number of pyridine rings is 2. The third-order valence-corrected chi connectivity index (χ3v) is 4.63. The molecule has 0 bridgehead atoms. The maximum absolute atomic E-state index is 12.2. The molecule has 0 saturated carbocycles. The van der Waals surface area contributed by atoms with E-state index in [2.05, 4.69) is 62.1 Å². The minimum atomic E-state index is -0.131. The lowest BCUT2D eigenvalue weighted by Crippen LogP contribution is -2.27. The molecule has 0 atom stereocenters. The normalized spacial score (nSPS) is 11.8. The van der Waals surface area contributed by atoms with Crippen molar-refractivity contribution in [2.45, 2.75) is 54.4 Å². The standard InChI is InChI=1S/C24H34N4O2/c1-23(2,3)11-13-25-21(29)17-7-9-19(27-15-17)20-10-8-18(16-28-20)22(30)26-14-12-24(4,5)6/h7-10,15-16H,11-14H2,1-6H3,(H,25,29)(H,26,30). The summed E-state index contributed by atoms with van der Waals surface area (Å²) in [4.78, 5) is 33.2. The first-order valence-corrected chi connectivity index (χ1v) is 10.4. The van der Waals surface area contributed by atoms with Gasteiger partial charge in [-0.3, -0.25) is 19.6 Å². The van der Waals surface area contributed by atoms with Gasteiger partial charge in [0, 0.05) is 25.5 Å². The molecule has 0 saturated heterocycles. The van der Waals surface area contributed by atoms with Gasteiger partial charge in [-0.2, -0.15) is 0 Å². The molecule has 0 aliphatic rings. The van der Waals surface area contributed by atoms with Crippen molar-refractivity contribution in [1.29, 1.82) is 0 Å². The summed E-state index contributed by atoms with van der Waals surface area (Å²) in [5.74, 6) is -0.262. The fraction of sp³-hybridized carbons (Fsp3) is 0.500. The Morgan fingerprint density at radius 2 is 1.07 bits per heavy atom. The van der Waals surface area contributed by atoms with Crippen LogP contribution in [0, 0.1) is 10.8 Å². The maximum Gasteiger partial charge on any atom is 0.252 e. The fourth-order valence-electron chi connectivity index (χ4n) is 2.67. The number of carbonyl (C=O) groups excluding carboxylic acids is 2. The van der Waals surface area contributed by atoms with E-state index in [1.807, 2.05) is 0 Å². The Bertz CT molecular complexity index is 771. The second-order valence-corrected chi connectivity index (χ2v) is 10.00. The summed E-state index contributed by atoms with van der Waals surface area (Å²) in [6, 6.07) is 7.02. The van der Waals surface area contributed by atoms with E-state index in [0.717, 1.165) is 12.8 Å². The van der Waals surface area contributed by atoms with Crippen molar-refractivity contribution in [2.75, 3.05) is 13.1 Å². The summed E-state index contributed by atoms with van der Waals surface area (Å²) < 4.78 is 0. The van der Waals surface area contributed by atoms with Crippen LogP contribution in [0.25, 0.3) is 11.4 Å². The van der Waals surface area contributed by atoms with E-state index < -0.39 is 0 Å². The van der Waals surface area contributed by atoms with E-state index in [9.17, 15) is 9.59 Å². The molecular formula is C24H34N4O2. The molecule has 6 heteroatoms. The topological polar surface area (TPSA) is 84.0 Å². The minimum absolute atomic E-state index is 0.131. The van der Waals surface area contributed by atoms with Crippen molar-refractivity contribution in [3.05, 3.63) is 47.8 Å². The second-order valence-electron chi connectivity index (χ2n) is 10.00. The van der Waals surface area contributed by atoms with Gasteiger partial charge in [0.25, 0.3) is 11.8 Å². The molecule has 30 heavy (non-hydrogen) atoms. The van der Waals surface area contributed by atoms with Gasteiger partial charge in [-0.15, -0.1) is 0 Å². The van der Waals surface area contributed by atoms with Gasteiger partial charge in [0.2, 0.25) is 0 Å². The van der Waals surface area contributed by atoms with Gasteiger partial charge in [0.15, 0.2) is 0 Å². The van der Waals surface area contributed by atoms with Crippen LogP contribution in [0.5, 0.6) is 0 Å². The van der Waals surface area contributed by atoms with E-state index in [1.165, 1.54) is 0 Å². The van der Waals surface area contributed by atoms with Crippen LogP contribution in [0.2, 0.25) is 0 Å². The van der Waals surface area contributed by atoms with Gasteiger partial charge in [-0.05, 0) is 47.9 Å². The molecule has 2 N–H and O–H groups in total. The lowest BCUT2D eigenvalue weighted by molar-refractivity contribution is 0.0940. The highest BCUT2D eigenvalue weighted by atomic mass is 16.2. The van der Waals surface area contributed by atoms with Crippen molar-refractivity contribution >= 4 is 11.8 Å². The largest absolute Gasteiger partial charge is 0.352 e. The fourth-order valence-corrected chi connectivity index (χ4v) is 2.67. The molecule has 0 aromatic carbocycles. The molecule has 0 radical (unpaired) electrons. The van der Waals surface area contributed by atoms with E-state index in [0.29, 0.717) is 35.6 Å². The molecule has 0 spiro atoms. The molecule has 2 rings (SSSR count). The van der Waals surface area contributed by atoms with Crippen LogP contribution >= 0.6 is 0 Å². The number of aromatic nitrogens is 2. The third kappa shape index (κ3) is 7.93. The lowest BCUT2D eigenvalue weighted by atomic mass is 9.92. The van der Waals surface area contributed by atoms with Crippen molar-refractivity contribution in [3.8, 4) is 11.4 Å². The Labute approximate surface area is 179 Å². The molecule has 0 fully saturated rings. The Hall–Kier alpha value is -2.76. The summed E-state index contributed by atoms with van der Waals surface area (Å²) in [5.41, 5.74) is 2.69. The van der Waals surface area contributed by atoms with Gasteiger partial charge in [0.05, 0.1) is 22.5 Å². The number of amides is 2.